The third-order valence-electron chi connectivity index (χ3n) is 6.55. The maximum absolute atomic E-state index is 15.0. The Morgan fingerprint density at radius 1 is 1.23 bits per heavy atom. The van der Waals surface area contributed by atoms with Crippen LogP contribution in [0.1, 0.15) is 19.3 Å². The molecule has 2 unspecified atom stereocenters. The molecule has 0 radical (unpaired) electrons. The smallest absolute Gasteiger partial charge is 0.414 e. The van der Waals surface area contributed by atoms with E-state index >= 15 is 0 Å². The Morgan fingerprint density at radius 3 is 2.70 bits per heavy atom. The van der Waals surface area contributed by atoms with E-state index in [1.165, 1.54) is 11.0 Å². The molecule has 156 valence electrons. The van der Waals surface area contributed by atoms with Crippen molar-refractivity contribution in [1.29, 1.82) is 5.26 Å². The topological polar surface area (TPSA) is 87.3 Å². The monoisotopic (exact) mass is 410 g/mol. The van der Waals surface area contributed by atoms with Crippen LogP contribution in [0.15, 0.2) is 30.6 Å². The van der Waals surface area contributed by atoms with Crippen molar-refractivity contribution in [3.8, 4) is 6.07 Å². The van der Waals surface area contributed by atoms with E-state index in [4.69, 9.17) is 10.00 Å². The van der Waals surface area contributed by atoms with Crippen LogP contribution in [0.2, 0.25) is 0 Å². The van der Waals surface area contributed by atoms with E-state index in [0.717, 1.165) is 25.9 Å². The number of halogens is 1. The largest absolute Gasteiger partial charge is 0.442 e. The molecule has 30 heavy (non-hydrogen) atoms. The number of cyclic esters (lactones) is 1. The minimum Gasteiger partial charge on any atom is -0.442 e. The third-order valence-corrected chi connectivity index (χ3v) is 6.55. The van der Waals surface area contributed by atoms with Crippen molar-refractivity contribution in [3.63, 3.8) is 0 Å². The van der Waals surface area contributed by atoms with Gasteiger partial charge in [0.25, 0.3) is 0 Å². The highest BCUT2D eigenvalue weighted by Gasteiger charge is 2.41. The van der Waals surface area contributed by atoms with Gasteiger partial charge in [-0.3, -0.25) is 4.90 Å². The van der Waals surface area contributed by atoms with E-state index in [1.807, 2.05) is 0 Å². The summed E-state index contributed by atoms with van der Waals surface area (Å²) in [7, 11) is 0. The number of benzene rings is 1. The predicted octanol–water partition coefficient (Wildman–Crippen LogP) is 2.82. The van der Waals surface area contributed by atoms with Gasteiger partial charge in [-0.1, -0.05) is 5.21 Å². The summed E-state index contributed by atoms with van der Waals surface area (Å²) in [5.41, 5.74) is 1.08. The maximum Gasteiger partial charge on any atom is 0.414 e. The normalized spacial score (nSPS) is 27.9. The van der Waals surface area contributed by atoms with Crippen molar-refractivity contribution < 1.29 is 13.9 Å². The number of ether oxygens (including phenoxy) is 1. The first-order chi connectivity index (χ1) is 14.6. The molecule has 1 amide bonds. The fourth-order valence-electron chi connectivity index (χ4n) is 5.20. The zero-order valence-electron chi connectivity index (χ0n) is 16.5. The first-order valence-corrected chi connectivity index (χ1v) is 10.3. The summed E-state index contributed by atoms with van der Waals surface area (Å²) in [4.78, 5) is 15.8. The van der Waals surface area contributed by atoms with Crippen molar-refractivity contribution in [2.45, 2.75) is 31.9 Å². The van der Waals surface area contributed by atoms with E-state index in [2.05, 4.69) is 21.3 Å². The lowest BCUT2D eigenvalue weighted by atomic mass is 10.0. The van der Waals surface area contributed by atoms with E-state index in [1.54, 1.807) is 29.2 Å². The molecule has 1 aromatic carbocycles. The first-order valence-electron chi connectivity index (χ1n) is 10.3. The summed E-state index contributed by atoms with van der Waals surface area (Å²) in [5, 5.41) is 16.5. The van der Waals surface area contributed by atoms with Crippen LogP contribution in [0.5, 0.6) is 0 Å². The SMILES string of the molecule is N#CCC1CC2CN(c3ccc(N4C[C@H](Cn5ccnn5)OC4=O)cc3F)CC2C1. The number of carbonyl (C=O) groups excluding carboxylic acids is 1. The van der Waals surface area contributed by atoms with Crippen molar-refractivity contribution in [2.75, 3.05) is 29.4 Å². The second kappa shape index (κ2) is 7.59. The number of anilines is 2. The molecule has 2 aliphatic heterocycles. The highest BCUT2D eigenvalue weighted by molar-refractivity contribution is 5.90. The fourth-order valence-corrected chi connectivity index (χ4v) is 5.20. The zero-order chi connectivity index (χ0) is 20.7. The summed E-state index contributed by atoms with van der Waals surface area (Å²) in [6.45, 7) is 2.40. The summed E-state index contributed by atoms with van der Waals surface area (Å²) in [5.74, 6) is 1.24. The quantitative estimate of drug-likeness (QED) is 0.753. The molecular formula is C21H23FN6O2. The second-order valence-electron chi connectivity index (χ2n) is 8.50. The van der Waals surface area contributed by atoms with Crippen LogP contribution in [0.4, 0.5) is 20.6 Å². The van der Waals surface area contributed by atoms with Gasteiger partial charge in [-0.2, -0.15) is 5.26 Å². The minimum atomic E-state index is -0.480. The van der Waals surface area contributed by atoms with Gasteiger partial charge < -0.3 is 9.64 Å². The van der Waals surface area contributed by atoms with Gasteiger partial charge in [0.2, 0.25) is 0 Å². The number of amides is 1. The Bertz CT molecular complexity index is 960. The van der Waals surface area contributed by atoms with Crippen LogP contribution >= 0.6 is 0 Å². The van der Waals surface area contributed by atoms with Crippen LogP contribution in [0.3, 0.4) is 0 Å². The minimum absolute atomic E-state index is 0.325. The number of aromatic nitrogens is 3. The molecule has 2 saturated heterocycles. The standard InChI is InChI=1S/C21H23FN6O2/c22-19-9-17(28-13-18(30-21(28)29)12-27-6-5-24-25-27)1-2-20(19)26-10-15-7-14(3-4-23)8-16(15)11-26/h1-2,5-6,9,14-16,18H,3,7-8,10-13H2/t14?,15?,16?,18-/m0/s1. The maximum atomic E-state index is 15.0. The number of carbonyl (C=O) groups is 1. The van der Waals surface area contributed by atoms with Crippen LogP contribution in [-0.4, -0.2) is 46.8 Å². The Labute approximate surface area is 173 Å². The van der Waals surface area contributed by atoms with Gasteiger partial charge in [-0.25, -0.2) is 13.9 Å². The predicted molar refractivity (Wildman–Crippen MR) is 106 cm³/mol. The molecule has 1 aliphatic carbocycles. The third kappa shape index (κ3) is 3.47. The lowest BCUT2D eigenvalue weighted by Crippen LogP contribution is -2.27. The van der Waals surface area contributed by atoms with Gasteiger partial charge in [0.05, 0.1) is 36.7 Å². The second-order valence-corrected chi connectivity index (χ2v) is 8.50. The summed E-state index contributed by atoms with van der Waals surface area (Å²) in [6, 6.07) is 7.24. The molecule has 0 bridgehead atoms. The summed E-state index contributed by atoms with van der Waals surface area (Å²) in [6.07, 6.45) is 5.17. The number of nitriles is 1. The van der Waals surface area contributed by atoms with E-state index in [-0.39, 0.29) is 11.9 Å². The van der Waals surface area contributed by atoms with Gasteiger partial charge in [0.15, 0.2) is 0 Å². The number of rotatable bonds is 5. The van der Waals surface area contributed by atoms with Crippen LogP contribution < -0.4 is 9.80 Å². The van der Waals surface area contributed by atoms with Crippen LogP contribution in [0, 0.1) is 34.9 Å². The number of fused-ring (bicyclic) bond motifs is 1. The van der Waals surface area contributed by atoms with E-state index in [9.17, 15) is 9.18 Å². The van der Waals surface area contributed by atoms with E-state index < -0.39 is 6.09 Å². The average molecular weight is 410 g/mol. The van der Waals surface area contributed by atoms with Crippen molar-refractivity contribution in [1.82, 2.24) is 15.0 Å². The molecule has 3 atom stereocenters. The Kier molecular flexibility index (Phi) is 4.77. The van der Waals surface area contributed by atoms with Gasteiger partial charge in [0, 0.05) is 25.7 Å². The average Bonchev–Trinajstić information content (AvgIpc) is 3.47. The van der Waals surface area contributed by atoms with Crippen LogP contribution in [0.25, 0.3) is 0 Å². The lowest BCUT2D eigenvalue weighted by molar-refractivity contribution is 0.129. The van der Waals surface area contributed by atoms with Crippen molar-refractivity contribution in [3.05, 3.63) is 36.4 Å². The number of hydrogen-bond donors (Lipinski definition) is 0. The van der Waals surface area contributed by atoms with Crippen LogP contribution in [-0.2, 0) is 11.3 Å². The Morgan fingerprint density at radius 2 is 2.03 bits per heavy atom. The molecule has 9 heteroatoms. The van der Waals surface area contributed by atoms with Gasteiger partial charge in [0.1, 0.15) is 11.9 Å². The molecule has 5 rings (SSSR count). The molecule has 1 aromatic heterocycles. The highest BCUT2D eigenvalue weighted by atomic mass is 19.1. The molecular weight excluding hydrogens is 387 g/mol. The molecule has 0 spiro atoms. The van der Waals surface area contributed by atoms with Gasteiger partial charge >= 0.3 is 6.09 Å². The molecule has 3 heterocycles. The first kappa shape index (κ1) is 18.9. The molecule has 0 N–H and O–H groups in total. The Hall–Kier alpha value is -3.15. The fraction of sp³-hybridized carbons (Fsp3) is 0.524. The lowest BCUT2D eigenvalue weighted by Gasteiger charge is -2.22. The molecule has 3 fully saturated rings. The molecule has 2 aromatic rings. The zero-order valence-corrected chi connectivity index (χ0v) is 16.5. The Balaban J connectivity index is 1.25. The van der Waals surface area contributed by atoms with Crippen molar-refractivity contribution in [2.24, 2.45) is 17.8 Å². The van der Waals surface area contributed by atoms with Gasteiger partial charge in [-0.05, 0) is 48.8 Å². The molecule has 1 saturated carbocycles. The highest BCUT2D eigenvalue weighted by Crippen LogP contribution is 2.44. The molecule has 3 aliphatic rings. The van der Waals surface area contributed by atoms with Gasteiger partial charge in [-0.15, -0.1) is 5.10 Å². The summed E-state index contributed by atoms with van der Waals surface area (Å²) >= 11 is 0. The number of hydrogen-bond acceptors (Lipinski definition) is 6. The van der Waals surface area contributed by atoms with E-state index in [0.29, 0.717) is 48.6 Å². The number of nitrogens with zero attached hydrogens (tertiary/aromatic N) is 6. The van der Waals surface area contributed by atoms with Crippen molar-refractivity contribution >= 4 is 17.5 Å². The molecule has 8 nitrogen and oxygen atoms in total. The summed E-state index contributed by atoms with van der Waals surface area (Å²) < 4.78 is 22.0.